The van der Waals surface area contributed by atoms with Gasteiger partial charge in [0.25, 0.3) is 0 Å². The maximum Gasteiger partial charge on any atom is 0.248 e. The Bertz CT molecular complexity index is 138. The van der Waals surface area contributed by atoms with Crippen molar-refractivity contribution in [1.82, 2.24) is 0 Å². The Morgan fingerprint density at radius 3 is 2.33 bits per heavy atom. The molecular weight excluding hydrogens is 160 g/mol. The minimum Gasteiger partial charge on any atom is -0.330 e. The van der Waals surface area contributed by atoms with Crippen molar-refractivity contribution in [1.29, 1.82) is 0 Å². The summed E-state index contributed by atoms with van der Waals surface area (Å²) >= 11 is 0. The predicted octanol–water partition coefficient (Wildman–Crippen LogP) is 2.41. The van der Waals surface area contributed by atoms with Crippen LogP contribution in [0.5, 0.6) is 0 Å². The second-order valence-corrected chi connectivity index (χ2v) is 3.83. The van der Waals surface area contributed by atoms with Gasteiger partial charge in [-0.2, -0.15) is 0 Å². The number of halogens is 2. The van der Waals surface area contributed by atoms with Crippen molar-refractivity contribution in [2.24, 2.45) is 17.6 Å². The van der Waals surface area contributed by atoms with E-state index in [4.69, 9.17) is 5.73 Å². The quantitative estimate of drug-likeness (QED) is 0.701. The lowest BCUT2D eigenvalue weighted by Gasteiger charge is -2.36. The molecule has 1 saturated carbocycles. The molecule has 0 aromatic heterocycles. The second-order valence-electron chi connectivity index (χ2n) is 3.83. The summed E-state index contributed by atoms with van der Waals surface area (Å²) in [5, 5.41) is 0. The lowest BCUT2D eigenvalue weighted by Crippen LogP contribution is -2.36. The molecule has 0 heterocycles. The van der Waals surface area contributed by atoms with Crippen molar-refractivity contribution in [3.05, 3.63) is 0 Å². The normalized spacial score (nSPS) is 22.0. The molecule has 0 aliphatic heterocycles. The zero-order valence-corrected chi connectivity index (χ0v) is 7.52. The lowest BCUT2D eigenvalue weighted by molar-refractivity contribution is -0.0798. The third-order valence-electron chi connectivity index (χ3n) is 2.85. The smallest absolute Gasteiger partial charge is 0.248 e. The first-order valence-corrected chi connectivity index (χ1v) is 4.63. The minimum atomic E-state index is -2.54. The fourth-order valence-corrected chi connectivity index (χ4v) is 1.92. The molecule has 0 spiro atoms. The number of alkyl halides is 2. The topological polar surface area (TPSA) is 26.0 Å². The van der Waals surface area contributed by atoms with Crippen LogP contribution in [0.2, 0.25) is 0 Å². The standard InChI is InChI=1S/C9H17F2N/c1-9(10,11)8(5-6-12)7-3-2-4-7/h7-8H,2-6,12H2,1H3. The average Bonchev–Trinajstić information content (AvgIpc) is 1.80. The van der Waals surface area contributed by atoms with Crippen molar-refractivity contribution < 1.29 is 8.78 Å². The highest BCUT2D eigenvalue weighted by atomic mass is 19.3. The van der Waals surface area contributed by atoms with Crippen LogP contribution in [0.4, 0.5) is 8.78 Å². The molecule has 0 aromatic rings. The molecule has 1 unspecified atom stereocenters. The van der Waals surface area contributed by atoms with Gasteiger partial charge in [0.2, 0.25) is 5.92 Å². The molecule has 1 fully saturated rings. The summed E-state index contributed by atoms with van der Waals surface area (Å²) in [4.78, 5) is 0. The minimum absolute atomic E-state index is 0.230. The first kappa shape index (κ1) is 9.90. The molecule has 1 rings (SSSR count). The molecule has 1 aliphatic rings. The number of hydrogen-bond acceptors (Lipinski definition) is 1. The zero-order chi connectivity index (χ0) is 9.19. The molecule has 3 heteroatoms. The molecule has 0 radical (unpaired) electrons. The predicted molar refractivity (Wildman–Crippen MR) is 45.1 cm³/mol. The van der Waals surface area contributed by atoms with E-state index in [1.165, 1.54) is 0 Å². The molecular formula is C9H17F2N. The van der Waals surface area contributed by atoms with Gasteiger partial charge in [0.05, 0.1) is 0 Å². The van der Waals surface area contributed by atoms with Crippen LogP contribution in [0.25, 0.3) is 0 Å². The van der Waals surface area contributed by atoms with Crippen molar-refractivity contribution in [3.8, 4) is 0 Å². The molecule has 1 nitrogen and oxygen atoms in total. The van der Waals surface area contributed by atoms with E-state index < -0.39 is 11.8 Å². The fraction of sp³-hybridized carbons (Fsp3) is 1.00. The van der Waals surface area contributed by atoms with Gasteiger partial charge >= 0.3 is 0 Å². The van der Waals surface area contributed by atoms with E-state index >= 15 is 0 Å². The third kappa shape index (κ3) is 2.16. The van der Waals surface area contributed by atoms with Gasteiger partial charge in [-0.05, 0) is 38.6 Å². The first-order chi connectivity index (χ1) is 5.55. The van der Waals surface area contributed by atoms with Crippen LogP contribution >= 0.6 is 0 Å². The van der Waals surface area contributed by atoms with Crippen LogP contribution < -0.4 is 5.73 Å². The van der Waals surface area contributed by atoms with Gasteiger partial charge in [-0.1, -0.05) is 6.42 Å². The van der Waals surface area contributed by atoms with E-state index in [1.807, 2.05) is 0 Å². The summed E-state index contributed by atoms with van der Waals surface area (Å²) < 4.78 is 26.0. The van der Waals surface area contributed by atoms with Gasteiger partial charge < -0.3 is 5.73 Å². The van der Waals surface area contributed by atoms with Gasteiger partial charge in [-0.3, -0.25) is 0 Å². The molecule has 1 aliphatic carbocycles. The summed E-state index contributed by atoms with van der Waals surface area (Å²) in [6.45, 7) is 1.40. The highest BCUT2D eigenvalue weighted by Gasteiger charge is 2.41. The summed E-state index contributed by atoms with van der Waals surface area (Å²) in [7, 11) is 0. The van der Waals surface area contributed by atoms with Gasteiger partial charge in [-0.25, -0.2) is 8.78 Å². The van der Waals surface area contributed by atoms with Crippen LogP contribution in [0.3, 0.4) is 0 Å². The monoisotopic (exact) mass is 177 g/mol. The van der Waals surface area contributed by atoms with Crippen LogP contribution in [0, 0.1) is 11.8 Å². The maximum atomic E-state index is 13.0. The van der Waals surface area contributed by atoms with Crippen molar-refractivity contribution >= 4 is 0 Å². The Hall–Kier alpha value is -0.180. The van der Waals surface area contributed by atoms with E-state index in [0.717, 1.165) is 26.2 Å². The van der Waals surface area contributed by atoms with E-state index in [1.54, 1.807) is 0 Å². The highest BCUT2D eigenvalue weighted by molar-refractivity contribution is 4.84. The Kier molecular flexibility index (Phi) is 3.04. The molecule has 2 N–H and O–H groups in total. The van der Waals surface area contributed by atoms with Crippen LogP contribution in [0.1, 0.15) is 32.6 Å². The zero-order valence-electron chi connectivity index (χ0n) is 7.52. The van der Waals surface area contributed by atoms with Crippen molar-refractivity contribution in [2.45, 2.75) is 38.5 Å². The summed E-state index contributed by atoms with van der Waals surface area (Å²) in [5.74, 6) is -2.78. The summed E-state index contributed by atoms with van der Waals surface area (Å²) in [6, 6.07) is 0. The van der Waals surface area contributed by atoms with E-state index in [2.05, 4.69) is 0 Å². The number of hydrogen-bond donors (Lipinski definition) is 1. The molecule has 12 heavy (non-hydrogen) atoms. The molecule has 1 atom stereocenters. The van der Waals surface area contributed by atoms with Gasteiger partial charge in [0.1, 0.15) is 0 Å². The van der Waals surface area contributed by atoms with Crippen molar-refractivity contribution in [3.63, 3.8) is 0 Å². The Balaban J connectivity index is 2.47. The summed E-state index contributed by atoms with van der Waals surface area (Å²) in [5.41, 5.74) is 5.31. The molecule has 0 aromatic carbocycles. The Morgan fingerprint density at radius 2 is 2.08 bits per heavy atom. The lowest BCUT2D eigenvalue weighted by atomic mass is 9.72. The Labute approximate surface area is 72.3 Å². The molecule has 0 amide bonds. The van der Waals surface area contributed by atoms with Crippen molar-refractivity contribution in [2.75, 3.05) is 6.54 Å². The van der Waals surface area contributed by atoms with E-state index in [-0.39, 0.29) is 5.92 Å². The first-order valence-electron chi connectivity index (χ1n) is 4.63. The number of rotatable bonds is 4. The van der Waals surface area contributed by atoms with Gasteiger partial charge in [0.15, 0.2) is 0 Å². The fourth-order valence-electron chi connectivity index (χ4n) is 1.92. The third-order valence-corrected chi connectivity index (χ3v) is 2.85. The highest BCUT2D eigenvalue weighted by Crippen LogP contribution is 2.42. The second kappa shape index (κ2) is 3.69. The summed E-state index contributed by atoms with van der Waals surface area (Å²) in [6.07, 6.45) is 3.51. The average molecular weight is 177 g/mol. The number of nitrogens with two attached hydrogens (primary N) is 1. The van der Waals surface area contributed by atoms with Crippen LogP contribution in [0.15, 0.2) is 0 Å². The van der Waals surface area contributed by atoms with Gasteiger partial charge in [-0.15, -0.1) is 0 Å². The largest absolute Gasteiger partial charge is 0.330 e. The Morgan fingerprint density at radius 1 is 1.50 bits per heavy atom. The van der Waals surface area contributed by atoms with E-state index in [0.29, 0.717) is 13.0 Å². The molecule has 72 valence electrons. The molecule has 0 saturated heterocycles. The maximum absolute atomic E-state index is 13.0. The van der Waals surface area contributed by atoms with Gasteiger partial charge in [0, 0.05) is 5.92 Å². The van der Waals surface area contributed by atoms with Crippen LogP contribution in [-0.2, 0) is 0 Å². The molecule has 0 bridgehead atoms. The SMILES string of the molecule is CC(F)(F)C(CCN)C1CCC1. The van der Waals surface area contributed by atoms with E-state index in [9.17, 15) is 8.78 Å². The van der Waals surface area contributed by atoms with Crippen LogP contribution in [-0.4, -0.2) is 12.5 Å².